The number of aromatic nitrogens is 3. The highest BCUT2D eigenvalue weighted by atomic mass is 19.4. The molecule has 1 aromatic carbocycles. The fourth-order valence-corrected chi connectivity index (χ4v) is 3.29. The number of hydrogen-bond acceptors (Lipinski definition) is 5. The van der Waals surface area contributed by atoms with Crippen LogP contribution in [-0.2, 0) is 6.18 Å². The second-order valence-corrected chi connectivity index (χ2v) is 6.87. The first-order chi connectivity index (χ1) is 14.4. The van der Waals surface area contributed by atoms with Crippen molar-refractivity contribution in [2.45, 2.75) is 6.18 Å². The van der Waals surface area contributed by atoms with Crippen molar-refractivity contribution in [3.8, 4) is 11.3 Å². The zero-order chi connectivity index (χ0) is 21.1. The molecule has 30 heavy (non-hydrogen) atoms. The van der Waals surface area contributed by atoms with Crippen molar-refractivity contribution >= 4 is 11.7 Å². The number of hydrogen-bond donors (Lipinski definition) is 0. The summed E-state index contributed by atoms with van der Waals surface area (Å²) in [5, 5.41) is 8.55. The molecule has 0 spiro atoms. The van der Waals surface area contributed by atoms with Gasteiger partial charge >= 0.3 is 6.18 Å². The number of amides is 1. The van der Waals surface area contributed by atoms with Gasteiger partial charge in [0.05, 0.1) is 11.3 Å². The molecule has 0 aliphatic carbocycles. The van der Waals surface area contributed by atoms with Crippen LogP contribution in [0.2, 0.25) is 0 Å². The van der Waals surface area contributed by atoms with Crippen LogP contribution in [0, 0.1) is 0 Å². The number of anilines is 1. The van der Waals surface area contributed by atoms with Crippen molar-refractivity contribution in [3.63, 3.8) is 0 Å². The van der Waals surface area contributed by atoms with E-state index in [9.17, 15) is 18.0 Å². The van der Waals surface area contributed by atoms with Gasteiger partial charge in [-0.05, 0) is 48.5 Å². The largest absolute Gasteiger partial charge is 0.416 e. The highest BCUT2D eigenvalue weighted by molar-refractivity contribution is 5.94. The maximum atomic E-state index is 12.7. The second-order valence-electron chi connectivity index (χ2n) is 6.87. The minimum atomic E-state index is -4.42. The molecule has 0 unspecified atom stereocenters. The average Bonchev–Trinajstić information content (AvgIpc) is 2.79. The lowest BCUT2D eigenvalue weighted by atomic mass is 10.1. The van der Waals surface area contributed by atoms with Crippen LogP contribution in [0.1, 0.15) is 15.9 Å². The van der Waals surface area contributed by atoms with E-state index in [4.69, 9.17) is 0 Å². The Morgan fingerprint density at radius 2 is 1.50 bits per heavy atom. The Kier molecular flexibility index (Phi) is 5.35. The number of benzene rings is 1. The molecular weight excluding hydrogens is 395 g/mol. The lowest BCUT2D eigenvalue weighted by Gasteiger charge is -2.35. The molecule has 3 heterocycles. The van der Waals surface area contributed by atoms with Crippen molar-refractivity contribution in [2.75, 3.05) is 31.1 Å². The van der Waals surface area contributed by atoms with E-state index < -0.39 is 11.7 Å². The zero-order valence-electron chi connectivity index (χ0n) is 15.9. The van der Waals surface area contributed by atoms with E-state index in [1.165, 1.54) is 12.1 Å². The Bertz CT molecular complexity index is 1000. The Morgan fingerprint density at radius 3 is 2.07 bits per heavy atom. The Hall–Kier alpha value is -3.49. The van der Waals surface area contributed by atoms with Gasteiger partial charge in [0.2, 0.25) is 0 Å². The molecule has 1 fully saturated rings. The van der Waals surface area contributed by atoms with Gasteiger partial charge in [0.1, 0.15) is 0 Å². The van der Waals surface area contributed by atoms with Crippen LogP contribution in [0.15, 0.2) is 60.9 Å². The van der Waals surface area contributed by atoms with E-state index in [-0.39, 0.29) is 11.5 Å². The topological polar surface area (TPSA) is 62.2 Å². The monoisotopic (exact) mass is 413 g/mol. The summed E-state index contributed by atoms with van der Waals surface area (Å²) in [5.74, 6) is 0.442. The molecule has 0 saturated carbocycles. The molecule has 2 aromatic heterocycles. The number of pyridine rings is 1. The molecule has 1 aliphatic rings. The van der Waals surface area contributed by atoms with Gasteiger partial charge in [-0.25, -0.2) is 0 Å². The molecular formula is C21H18F3N5O. The van der Waals surface area contributed by atoms with Crippen LogP contribution in [0.5, 0.6) is 0 Å². The second kappa shape index (κ2) is 8.10. The number of halogens is 3. The smallest absolute Gasteiger partial charge is 0.352 e. The van der Waals surface area contributed by atoms with Crippen molar-refractivity contribution in [1.29, 1.82) is 0 Å². The van der Waals surface area contributed by atoms with Crippen LogP contribution in [0.4, 0.5) is 19.0 Å². The van der Waals surface area contributed by atoms with Gasteiger partial charge in [-0.3, -0.25) is 9.78 Å². The fraction of sp³-hybridized carbons (Fsp3) is 0.238. The van der Waals surface area contributed by atoms with Crippen LogP contribution in [0.3, 0.4) is 0 Å². The average molecular weight is 413 g/mol. The number of rotatable bonds is 3. The fourth-order valence-electron chi connectivity index (χ4n) is 3.29. The summed E-state index contributed by atoms with van der Waals surface area (Å²) >= 11 is 0. The van der Waals surface area contributed by atoms with Gasteiger partial charge in [0.25, 0.3) is 5.91 Å². The van der Waals surface area contributed by atoms with E-state index in [0.29, 0.717) is 26.2 Å². The molecule has 9 heteroatoms. The normalized spacial score (nSPS) is 14.6. The molecule has 4 rings (SSSR count). The van der Waals surface area contributed by atoms with E-state index in [0.717, 1.165) is 29.2 Å². The van der Waals surface area contributed by atoms with Crippen LogP contribution in [0.25, 0.3) is 11.3 Å². The summed E-state index contributed by atoms with van der Waals surface area (Å²) in [6.07, 6.45) is -1.03. The first kappa shape index (κ1) is 19.8. The molecule has 1 amide bonds. The number of carbonyl (C=O) groups is 1. The van der Waals surface area contributed by atoms with E-state index in [2.05, 4.69) is 15.2 Å². The SMILES string of the molecule is O=C(c1ccc(C(F)(F)F)cc1)N1CCN(c2ccc(-c3ccncc3)nn2)CC1. The number of nitrogens with zero attached hydrogens (tertiary/aromatic N) is 5. The molecule has 0 atom stereocenters. The standard InChI is InChI=1S/C21H18F3N5O/c22-21(23,24)17-3-1-16(2-4-17)20(30)29-13-11-28(12-14-29)19-6-5-18(26-27-19)15-7-9-25-10-8-15/h1-10H,11-14H2. The quantitative estimate of drug-likeness (QED) is 0.658. The third-order valence-corrected chi connectivity index (χ3v) is 4.98. The summed E-state index contributed by atoms with van der Waals surface area (Å²) < 4.78 is 38.1. The molecule has 6 nitrogen and oxygen atoms in total. The molecule has 0 bridgehead atoms. The summed E-state index contributed by atoms with van der Waals surface area (Å²) in [5.41, 5.74) is 1.16. The highest BCUT2D eigenvalue weighted by Crippen LogP contribution is 2.29. The Morgan fingerprint density at radius 1 is 0.833 bits per heavy atom. The summed E-state index contributed by atoms with van der Waals surface area (Å²) in [6.45, 7) is 2.03. The third-order valence-electron chi connectivity index (χ3n) is 4.98. The van der Waals surface area contributed by atoms with Crippen LogP contribution in [-0.4, -0.2) is 52.2 Å². The van der Waals surface area contributed by atoms with E-state index >= 15 is 0 Å². The number of carbonyl (C=O) groups excluding carboxylic acids is 1. The minimum Gasteiger partial charge on any atom is -0.352 e. The van der Waals surface area contributed by atoms with Crippen molar-refractivity contribution in [2.24, 2.45) is 0 Å². The maximum absolute atomic E-state index is 12.7. The maximum Gasteiger partial charge on any atom is 0.416 e. The van der Waals surface area contributed by atoms with E-state index in [1.54, 1.807) is 17.3 Å². The number of alkyl halides is 3. The molecule has 3 aromatic rings. The van der Waals surface area contributed by atoms with Crippen LogP contribution >= 0.6 is 0 Å². The lowest BCUT2D eigenvalue weighted by molar-refractivity contribution is -0.137. The van der Waals surface area contributed by atoms with Gasteiger partial charge in [-0.1, -0.05) is 0 Å². The van der Waals surface area contributed by atoms with E-state index in [1.807, 2.05) is 29.2 Å². The summed E-state index contributed by atoms with van der Waals surface area (Å²) in [4.78, 5) is 20.2. The van der Waals surface area contributed by atoms with Gasteiger partial charge in [-0.15, -0.1) is 10.2 Å². The van der Waals surface area contributed by atoms with Gasteiger partial charge in [-0.2, -0.15) is 13.2 Å². The zero-order valence-corrected chi connectivity index (χ0v) is 15.9. The minimum absolute atomic E-state index is 0.248. The van der Waals surface area contributed by atoms with Crippen molar-refractivity contribution < 1.29 is 18.0 Å². The Balaban J connectivity index is 1.37. The van der Waals surface area contributed by atoms with Crippen molar-refractivity contribution in [1.82, 2.24) is 20.1 Å². The predicted molar refractivity (Wildman–Crippen MR) is 105 cm³/mol. The molecule has 0 radical (unpaired) electrons. The summed E-state index contributed by atoms with van der Waals surface area (Å²) in [7, 11) is 0. The Labute approximate surface area is 171 Å². The number of piperazine rings is 1. The molecule has 154 valence electrons. The first-order valence-electron chi connectivity index (χ1n) is 9.37. The van der Waals surface area contributed by atoms with Gasteiger partial charge in [0, 0.05) is 49.7 Å². The van der Waals surface area contributed by atoms with Crippen molar-refractivity contribution in [3.05, 3.63) is 72.1 Å². The third kappa shape index (κ3) is 4.24. The predicted octanol–water partition coefficient (Wildman–Crippen LogP) is 3.52. The van der Waals surface area contributed by atoms with Crippen LogP contribution < -0.4 is 4.90 Å². The highest BCUT2D eigenvalue weighted by Gasteiger charge is 2.30. The molecule has 1 saturated heterocycles. The van der Waals surface area contributed by atoms with Gasteiger partial charge < -0.3 is 9.80 Å². The summed E-state index contributed by atoms with van der Waals surface area (Å²) in [6, 6.07) is 11.8. The lowest BCUT2D eigenvalue weighted by Crippen LogP contribution is -2.49. The molecule has 1 aliphatic heterocycles. The molecule has 0 N–H and O–H groups in total. The first-order valence-corrected chi connectivity index (χ1v) is 9.37. The van der Waals surface area contributed by atoms with Gasteiger partial charge in [0.15, 0.2) is 5.82 Å².